The van der Waals surface area contributed by atoms with E-state index in [0.29, 0.717) is 38.8 Å². The van der Waals surface area contributed by atoms with Crippen LogP contribution in [0, 0.1) is 17.8 Å². The van der Waals surface area contributed by atoms with E-state index in [2.05, 4.69) is 18.0 Å². The van der Waals surface area contributed by atoms with E-state index in [9.17, 15) is 19.6 Å². The molecule has 1 saturated heterocycles. The topological polar surface area (TPSA) is 98.7 Å². The van der Waals surface area contributed by atoms with Gasteiger partial charge in [0.2, 0.25) is 17.7 Å². The third-order valence-corrected chi connectivity index (χ3v) is 7.05. The zero-order valence-electron chi connectivity index (χ0n) is 23.4. The average Bonchev–Trinajstić information content (AvgIpc) is 3.07. The molecule has 0 aliphatic carbocycles. The third kappa shape index (κ3) is 8.98. The van der Waals surface area contributed by atoms with Gasteiger partial charge in [-0.1, -0.05) is 76.3 Å². The van der Waals surface area contributed by atoms with Crippen LogP contribution in [0.5, 0.6) is 0 Å². The van der Waals surface area contributed by atoms with Gasteiger partial charge in [0, 0.05) is 19.0 Å². The second kappa shape index (κ2) is 15.9. The van der Waals surface area contributed by atoms with E-state index in [1.54, 1.807) is 11.6 Å². The van der Waals surface area contributed by atoms with Gasteiger partial charge in [0.05, 0.1) is 5.92 Å². The average molecular weight is 524 g/mol. The standard InChI is InChI=1S/C31H45N3O4/c1-6-9-15-24(8-3)25-16-12-14-23(20-25)21-34-18-11-10-17-28(31(34)37)32-29(35)27(19-22(4)5)26(13-7-2)30(36)33-38/h6,8-9,12,14-16,20,22,26-28,38H,1,7,10-11,13,17-19,21H2,2-5H3,(H,32,35)(H,33,36)/b15-9-,24-8+/t26-,27?,28-/m0/s1. The fraction of sp³-hybridized carbons (Fsp3) is 0.516. The maximum Gasteiger partial charge on any atom is 0.247 e. The number of hydrogen-bond donors (Lipinski definition) is 3. The van der Waals surface area contributed by atoms with Crippen LogP contribution in [-0.2, 0) is 20.9 Å². The van der Waals surface area contributed by atoms with Gasteiger partial charge < -0.3 is 10.2 Å². The zero-order chi connectivity index (χ0) is 28.1. The molecule has 3 N–H and O–H groups in total. The fourth-order valence-corrected chi connectivity index (χ4v) is 5.15. The van der Waals surface area contributed by atoms with E-state index in [-0.39, 0.29) is 17.7 Å². The van der Waals surface area contributed by atoms with Crippen molar-refractivity contribution in [3.05, 3.63) is 66.3 Å². The van der Waals surface area contributed by atoms with Crippen LogP contribution >= 0.6 is 0 Å². The Bertz CT molecular complexity index is 1010. The van der Waals surface area contributed by atoms with Gasteiger partial charge in [-0.3, -0.25) is 19.6 Å². The van der Waals surface area contributed by atoms with Gasteiger partial charge in [0.15, 0.2) is 0 Å². The third-order valence-electron chi connectivity index (χ3n) is 7.05. The summed E-state index contributed by atoms with van der Waals surface area (Å²) in [4.78, 5) is 41.3. The van der Waals surface area contributed by atoms with Crippen molar-refractivity contribution in [3.63, 3.8) is 0 Å². The van der Waals surface area contributed by atoms with Gasteiger partial charge >= 0.3 is 0 Å². The second-order valence-electron chi connectivity index (χ2n) is 10.5. The van der Waals surface area contributed by atoms with Crippen molar-refractivity contribution in [1.82, 2.24) is 15.7 Å². The lowest BCUT2D eigenvalue weighted by molar-refractivity contribution is -0.143. The molecule has 1 fully saturated rings. The molecule has 208 valence electrons. The van der Waals surface area contributed by atoms with Gasteiger partial charge in [-0.05, 0) is 67.7 Å². The van der Waals surface area contributed by atoms with Gasteiger partial charge in [0.1, 0.15) is 6.04 Å². The van der Waals surface area contributed by atoms with Crippen LogP contribution in [0.3, 0.4) is 0 Å². The molecule has 2 rings (SSSR count). The van der Waals surface area contributed by atoms with Crippen LogP contribution < -0.4 is 10.8 Å². The highest BCUT2D eigenvalue weighted by atomic mass is 16.5. The summed E-state index contributed by atoms with van der Waals surface area (Å²) in [6, 6.07) is 7.51. The Hall–Kier alpha value is -3.19. The van der Waals surface area contributed by atoms with Gasteiger partial charge in [-0.25, -0.2) is 5.48 Å². The lowest BCUT2D eigenvalue weighted by atomic mass is 9.81. The van der Waals surface area contributed by atoms with Crippen LogP contribution in [0.25, 0.3) is 5.57 Å². The minimum atomic E-state index is -0.650. The minimum Gasteiger partial charge on any atom is -0.344 e. The van der Waals surface area contributed by atoms with Crippen molar-refractivity contribution in [1.29, 1.82) is 0 Å². The predicted molar refractivity (Wildman–Crippen MR) is 152 cm³/mol. The van der Waals surface area contributed by atoms with E-state index in [0.717, 1.165) is 29.5 Å². The van der Waals surface area contributed by atoms with Crippen LogP contribution in [0.15, 0.2) is 55.1 Å². The molecule has 7 nitrogen and oxygen atoms in total. The number of allylic oxidation sites excluding steroid dienone is 5. The first kappa shape index (κ1) is 31.0. The summed E-state index contributed by atoms with van der Waals surface area (Å²) >= 11 is 0. The van der Waals surface area contributed by atoms with Crippen LogP contribution in [0.4, 0.5) is 0 Å². The van der Waals surface area contributed by atoms with Crippen molar-refractivity contribution < 1.29 is 19.6 Å². The van der Waals surface area contributed by atoms with Crippen molar-refractivity contribution in [3.8, 4) is 0 Å². The molecule has 1 aliphatic rings. The van der Waals surface area contributed by atoms with E-state index in [4.69, 9.17) is 0 Å². The zero-order valence-corrected chi connectivity index (χ0v) is 23.4. The molecule has 1 aromatic carbocycles. The molecule has 1 heterocycles. The highest BCUT2D eigenvalue weighted by Gasteiger charge is 2.36. The molecule has 38 heavy (non-hydrogen) atoms. The van der Waals surface area contributed by atoms with E-state index >= 15 is 0 Å². The number of nitrogens with zero attached hydrogens (tertiary/aromatic N) is 1. The molecule has 3 amide bonds. The van der Waals surface area contributed by atoms with Crippen molar-refractivity contribution in [2.75, 3.05) is 6.54 Å². The van der Waals surface area contributed by atoms with Crippen molar-refractivity contribution in [2.24, 2.45) is 17.8 Å². The Morgan fingerprint density at radius 1 is 1.21 bits per heavy atom. The Labute approximate surface area is 228 Å². The Morgan fingerprint density at radius 3 is 2.61 bits per heavy atom. The number of likely N-dealkylation sites (tertiary alicyclic amines) is 1. The van der Waals surface area contributed by atoms with Crippen LogP contribution in [-0.4, -0.2) is 40.4 Å². The highest BCUT2D eigenvalue weighted by molar-refractivity contribution is 5.91. The second-order valence-corrected chi connectivity index (χ2v) is 10.5. The molecule has 7 heteroatoms. The molecule has 0 saturated carbocycles. The highest BCUT2D eigenvalue weighted by Crippen LogP contribution is 2.27. The molecule has 0 radical (unpaired) electrons. The maximum absolute atomic E-state index is 13.6. The molecule has 1 unspecified atom stereocenters. The lowest BCUT2D eigenvalue weighted by Crippen LogP contribution is -2.51. The molecular weight excluding hydrogens is 478 g/mol. The normalized spacial score (nSPS) is 18.3. The number of carbonyl (C=O) groups is 3. The lowest BCUT2D eigenvalue weighted by Gasteiger charge is -2.29. The molecule has 0 spiro atoms. The number of hydrogen-bond acceptors (Lipinski definition) is 4. The monoisotopic (exact) mass is 523 g/mol. The number of amides is 3. The summed E-state index contributed by atoms with van der Waals surface area (Å²) in [6.45, 7) is 12.8. The smallest absolute Gasteiger partial charge is 0.247 e. The summed E-state index contributed by atoms with van der Waals surface area (Å²) < 4.78 is 0. The fourth-order valence-electron chi connectivity index (χ4n) is 5.15. The number of nitrogens with one attached hydrogen (secondary N) is 2. The number of benzene rings is 1. The maximum atomic E-state index is 13.6. The number of rotatable bonds is 13. The molecule has 1 aromatic rings. The Morgan fingerprint density at radius 2 is 1.97 bits per heavy atom. The summed E-state index contributed by atoms with van der Waals surface area (Å²) in [5.74, 6) is -2.04. The largest absolute Gasteiger partial charge is 0.344 e. The molecular formula is C31H45N3O4. The molecule has 0 bridgehead atoms. The predicted octanol–water partition coefficient (Wildman–Crippen LogP) is 5.41. The Balaban J connectivity index is 2.22. The van der Waals surface area contributed by atoms with E-state index in [1.807, 2.05) is 69.0 Å². The van der Waals surface area contributed by atoms with Gasteiger partial charge in [-0.15, -0.1) is 0 Å². The first-order valence-electron chi connectivity index (χ1n) is 13.8. The van der Waals surface area contributed by atoms with Gasteiger partial charge in [-0.2, -0.15) is 0 Å². The van der Waals surface area contributed by atoms with Crippen molar-refractivity contribution >= 4 is 23.3 Å². The summed E-state index contributed by atoms with van der Waals surface area (Å²) in [6.07, 6.45) is 11.6. The molecule has 3 atom stereocenters. The summed E-state index contributed by atoms with van der Waals surface area (Å²) in [5, 5.41) is 12.3. The number of carbonyl (C=O) groups excluding carboxylic acids is 3. The quantitative estimate of drug-likeness (QED) is 0.183. The molecule has 1 aliphatic heterocycles. The molecule has 0 aromatic heterocycles. The van der Waals surface area contributed by atoms with Crippen LogP contribution in [0.2, 0.25) is 0 Å². The number of hydroxylamine groups is 1. The van der Waals surface area contributed by atoms with E-state index < -0.39 is 23.8 Å². The van der Waals surface area contributed by atoms with Gasteiger partial charge in [0.25, 0.3) is 0 Å². The van der Waals surface area contributed by atoms with Crippen molar-refractivity contribution in [2.45, 2.75) is 78.8 Å². The first-order chi connectivity index (χ1) is 18.2. The summed E-state index contributed by atoms with van der Waals surface area (Å²) in [7, 11) is 0. The minimum absolute atomic E-state index is 0.0963. The van der Waals surface area contributed by atoms with E-state index in [1.165, 1.54) is 0 Å². The SMILES string of the molecule is C=C/C=C\C(=C/C)c1cccc(CN2CCCC[C@H](NC(=O)C(CC(C)C)[C@H](CCC)C(=O)NO)C2=O)c1. The van der Waals surface area contributed by atoms with Crippen LogP contribution in [0.1, 0.15) is 77.3 Å². The first-order valence-corrected chi connectivity index (χ1v) is 13.8. The summed E-state index contributed by atoms with van der Waals surface area (Å²) in [5.41, 5.74) is 4.90. The Kier molecular flexibility index (Phi) is 13.0.